The fourth-order valence-electron chi connectivity index (χ4n) is 1.54. The van der Waals surface area contributed by atoms with Crippen LogP contribution in [0.3, 0.4) is 0 Å². The predicted molar refractivity (Wildman–Crippen MR) is 61.7 cm³/mol. The van der Waals surface area contributed by atoms with E-state index in [1.165, 1.54) is 7.11 Å². The lowest BCUT2D eigenvalue weighted by molar-refractivity contribution is -0.142. The number of carbonyl (C=O) groups excluding carboxylic acids is 1. The Morgan fingerprint density at radius 1 is 1.44 bits per heavy atom. The average molecular weight is 239 g/mol. The van der Waals surface area contributed by atoms with Crippen molar-refractivity contribution in [3.05, 3.63) is 35.0 Å². The van der Waals surface area contributed by atoms with Gasteiger partial charge in [-0.05, 0) is 31.2 Å². The maximum absolute atomic E-state index is 11.3. The number of fused-ring (bicyclic) bond motifs is 1. The monoisotopic (exact) mass is 238 g/mol. The van der Waals surface area contributed by atoms with E-state index in [4.69, 9.17) is 16.0 Å². The third-order valence-corrected chi connectivity index (χ3v) is 2.71. The van der Waals surface area contributed by atoms with Gasteiger partial charge in [0.15, 0.2) is 0 Å². The molecular formula is C12H11ClO3. The van der Waals surface area contributed by atoms with Crippen molar-refractivity contribution < 1.29 is 13.9 Å². The van der Waals surface area contributed by atoms with Gasteiger partial charge >= 0.3 is 5.97 Å². The molecule has 0 amide bonds. The minimum Gasteiger partial charge on any atom is -0.468 e. The minimum atomic E-state index is -0.406. The number of furan rings is 1. The standard InChI is InChI=1S/C12H11ClO3/c1-7(12(14)15-2)11-6-8-5-9(13)3-4-10(8)16-11/h3-7H,1-2H3. The van der Waals surface area contributed by atoms with Gasteiger partial charge in [-0.3, -0.25) is 4.79 Å². The molecule has 1 aromatic heterocycles. The van der Waals surface area contributed by atoms with Gasteiger partial charge in [-0.15, -0.1) is 0 Å². The summed E-state index contributed by atoms with van der Waals surface area (Å²) in [4.78, 5) is 11.3. The van der Waals surface area contributed by atoms with Gasteiger partial charge < -0.3 is 9.15 Å². The number of rotatable bonds is 2. The van der Waals surface area contributed by atoms with E-state index in [1.807, 2.05) is 6.07 Å². The number of carbonyl (C=O) groups is 1. The molecule has 84 valence electrons. The fourth-order valence-corrected chi connectivity index (χ4v) is 1.72. The van der Waals surface area contributed by atoms with Crippen molar-refractivity contribution in [3.8, 4) is 0 Å². The number of ether oxygens (including phenoxy) is 1. The van der Waals surface area contributed by atoms with Crippen LogP contribution in [-0.2, 0) is 9.53 Å². The maximum atomic E-state index is 11.3. The predicted octanol–water partition coefficient (Wildman–Crippen LogP) is 3.36. The molecular weight excluding hydrogens is 228 g/mol. The molecule has 0 spiro atoms. The molecule has 2 rings (SSSR count). The largest absolute Gasteiger partial charge is 0.468 e. The van der Waals surface area contributed by atoms with Crippen molar-refractivity contribution in [2.24, 2.45) is 0 Å². The number of halogens is 1. The molecule has 0 saturated carbocycles. The van der Waals surface area contributed by atoms with Crippen LogP contribution in [0.5, 0.6) is 0 Å². The molecule has 2 aromatic rings. The van der Waals surface area contributed by atoms with Crippen LogP contribution >= 0.6 is 11.6 Å². The molecule has 0 fully saturated rings. The SMILES string of the molecule is COC(=O)C(C)c1cc2cc(Cl)ccc2o1. The second-order valence-corrected chi connectivity index (χ2v) is 4.01. The average Bonchev–Trinajstić information content (AvgIpc) is 2.69. The fraction of sp³-hybridized carbons (Fsp3) is 0.250. The number of hydrogen-bond donors (Lipinski definition) is 0. The van der Waals surface area contributed by atoms with Crippen molar-refractivity contribution >= 4 is 28.5 Å². The van der Waals surface area contributed by atoms with Crippen LogP contribution in [-0.4, -0.2) is 13.1 Å². The van der Waals surface area contributed by atoms with Crippen molar-refractivity contribution in [2.45, 2.75) is 12.8 Å². The maximum Gasteiger partial charge on any atom is 0.316 e. The van der Waals surface area contributed by atoms with Gasteiger partial charge in [-0.25, -0.2) is 0 Å². The highest BCUT2D eigenvalue weighted by Crippen LogP contribution is 2.27. The normalized spacial score (nSPS) is 12.7. The molecule has 1 atom stereocenters. The van der Waals surface area contributed by atoms with E-state index in [1.54, 1.807) is 25.1 Å². The topological polar surface area (TPSA) is 39.4 Å². The Morgan fingerprint density at radius 3 is 2.88 bits per heavy atom. The molecule has 1 aromatic carbocycles. The van der Waals surface area contributed by atoms with Gasteiger partial charge in [-0.2, -0.15) is 0 Å². The Hall–Kier alpha value is -1.48. The molecule has 0 saturated heterocycles. The zero-order valence-electron chi connectivity index (χ0n) is 8.99. The summed E-state index contributed by atoms with van der Waals surface area (Å²) in [5, 5.41) is 1.53. The summed E-state index contributed by atoms with van der Waals surface area (Å²) in [5.41, 5.74) is 0.718. The molecule has 4 heteroatoms. The third-order valence-electron chi connectivity index (χ3n) is 2.48. The van der Waals surface area contributed by atoms with E-state index < -0.39 is 5.92 Å². The van der Waals surface area contributed by atoms with Crippen LogP contribution in [0.4, 0.5) is 0 Å². The molecule has 0 N–H and O–H groups in total. The second kappa shape index (κ2) is 4.18. The highest BCUT2D eigenvalue weighted by molar-refractivity contribution is 6.31. The summed E-state index contributed by atoms with van der Waals surface area (Å²) < 4.78 is 10.2. The zero-order chi connectivity index (χ0) is 11.7. The van der Waals surface area contributed by atoms with E-state index >= 15 is 0 Å². The van der Waals surface area contributed by atoms with Gasteiger partial charge in [0, 0.05) is 10.4 Å². The molecule has 1 unspecified atom stereocenters. The van der Waals surface area contributed by atoms with Crippen LogP contribution in [0, 0.1) is 0 Å². The third kappa shape index (κ3) is 1.91. The Labute approximate surface area is 97.9 Å². The molecule has 0 aliphatic heterocycles. The summed E-state index contributed by atoms with van der Waals surface area (Å²) in [7, 11) is 1.36. The van der Waals surface area contributed by atoms with E-state index in [2.05, 4.69) is 4.74 Å². The Morgan fingerprint density at radius 2 is 2.19 bits per heavy atom. The molecule has 0 bridgehead atoms. The summed E-state index contributed by atoms with van der Waals surface area (Å²) in [6.45, 7) is 1.74. The number of benzene rings is 1. The first kappa shape index (κ1) is 11.0. The van der Waals surface area contributed by atoms with E-state index in [0.717, 1.165) is 11.0 Å². The van der Waals surface area contributed by atoms with Crippen molar-refractivity contribution in [3.63, 3.8) is 0 Å². The summed E-state index contributed by atoms with van der Waals surface area (Å²) >= 11 is 5.86. The molecule has 0 aliphatic carbocycles. The van der Waals surface area contributed by atoms with Gasteiger partial charge in [0.25, 0.3) is 0 Å². The summed E-state index contributed by atoms with van der Waals surface area (Å²) in [6.07, 6.45) is 0. The zero-order valence-corrected chi connectivity index (χ0v) is 9.75. The lowest BCUT2D eigenvalue weighted by atomic mass is 10.1. The van der Waals surface area contributed by atoms with Crippen molar-refractivity contribution in [2.75, 3.05) is 7.11 Å². The van der Waals surface area contributed by atoms with Crippen LogP contribution in [0.25, 0.3) is 11.0 Å². The highest BCUT2D eigenvalue weighted by atomic mass is 35.5. The van der Waals surface area contributed by atoms with Crippen molar-refractivity contribution in [1.82, 2.24) is 0 Å². The first-order chi connectivity index (χ1) is 7.61. The van der Waals surface area contributed by atoms with Crippen LogP contribution in [0.2, 0.25) is 5.02 Å². The number of hydrogen-bond acceptors (Lipinski definition) is 3. The van der Waals surface area contributed by atoms with Gasteiger partial charge in [0.2, 0.25) is 0 Å². The Balaban J connectivity index is 2.43. The van der Waals surface area contributed by atoms with E-state index in [0.29, 0.717) is 10.8 Å². The summed E-state index contributed by atoms with van der Waals surface area (Å²) in [6, 6.07) is 7.14. The first-order valence-corrected chi connectivity index (χ1v) is 5.26. The lowest BCUT2D eigenvalue weighted by Gasteiger charge is -2.04. The van der Waals surface area contributed by atoms with Gasteiger partial charge in [-0.1, -0.05) is 11.6 Å². The smallest absolute Gasteiger partial charge is 0.316 e. The van der Waals surface area contributed by atoms with Crippen LogP contribution in [0.1, 0.15) is 18.6 Å². The lowest BCUT2D eigenvalue weighted by Crippen LogP contribution is -2.09. The molecule has 0 radical (unpaired) electrons. The van der Waals surface area contributed by atoms with E-state index in [9.17, 15) is 4.79 Å². The van der Waals surface area contributed by atoms with Crippen molar-refractivity contribution in [1.29, 1.82) is 0 Å². The first-order valence-electron chi connectivity index (χ1n) is 4.88. The van der Waals surface area contributed by atoms with E-state index in [-0.39, 0.29) is 5.97 Å². The van der Waals surface area contributed by atoms with Gasteiger partial charge in [0.05, 0.1) is 7.11 Å². The molecule has 0 aliphatic rings. The minimum absolute atomic E-state index is 0.315. The molecule has 1 heterocycles. The quantitative estimate of drug-likeness (QED) is 0.753. The number of esters is 1. The van der Waals surface area contributed by atoms with Gasteiger partial charge in [0.1, 0.15) is 17.3 Å². The molecule has 3 nitrogen and oxygen atoms in total. The van der Waals surface area contributed by atoms with Crippen LogP contribution in [0.15, 0.2) is 28.7 Å². The molecule has 16 heavy (non-hydrogen) atoms. The van der Waals surface area contributed by atoms with Crippen LogP contribution < -0.4 is 0 Å². The number of methoxy groups -OCH3 is 1. The highest BCUT2D eigenvalue weighted by Gasteiger charge is 2.19. The summed E-state index contributed by atoms with van der Waals surface area (Å²) in [5.74, 6) is -0.134. The Kier molecular flexibility index (Phi) is 2.88. The Bertz CT molecular complexity index is 530. The second-order valence-electron chi connectivity index (χ2n) is 3.58.